The number of carbonyl (C=O) groups is 1. The highest BCUT2D eigenvalue weighted by molar-refractivity contribution is 5.95. The first-order valence-corrected chi connectivity index (χ1v) is 6.11. The van der Waals surface area contributed by atoms with Crippen molar-refractivity contribution in [3.05, 3.63) is 41.7 Å². The Kier molecular flexibility index (Phi) is 4.10. The number of allylic oxidation sites excluding steroid dienone is 1. The molecule has 96 valence electrons. The molecule has 0 atom stereocenters. The van der Waals surface area contributed by atoms with Crippen LogP contribution in [0.3, 0.4) is 0 Å². The SMILES string of the molecule is C/C(=C/C(=O)N1CCNCC1)c1ccccc1F. The van der Waals surface area contributed by atoms with Gasteiger partial charge < -0.3 is 10.2 Å². The number of benzene rings is 1. The summed E-state index contributed by atoms with van der Waals surface area (Å²) < 4.78 is 13.6. The average molecular weight is 248 g/mol. The molecule has 0 unspecified atom stereocenters. The van der Waals surface area contributed by atoms with E-state index in [0.717, 1.165) is 13.1 Å². The molecule has 3 nitrogen and oxygen atoms in total. The minimum absolute atomic E-state index is 0.0442. The molecule has 1 aliphatic heterocycles. The summed E-state index contributed by atoms with van der Waals surface area (Å²) in [7, 11) is 0. The minimum Gasteiger partial charge on any atom is -0.337 e. The van der Waals surface area contributed by atoms with Gasteiger partial charge in [0, 0.05) is 37.8 Å². The van der Waals surface area contributed by atoms with E-state index in [2.05, 4.69) is 5.32 Å². The third-order valence-electron chi connectivity index (χ3n) is 3.07. The van der Waals surface area contributed by atoms with E-state index >= 15 is 0 Å². The van der Waals surface area contributed by atoms with E-state index < -0.39 is 0 Å². The topological polar surface area (TPSA) is 32.3 Å². The quantitative estimate of drug-likeness (QED) is 0.807. The van der Waals surface area contributed by atoms with Crippen LogP contribution in [0, 0.1) is 5.82 Å². The Hall–Kier alpha value is -1.68. The van der Waals surface area contributed by atoms with Gasteiger partial charge in [0.1, 0.15) is 5.82 Å². The molecular formula is C14H17FN2O. The van der Waals surface area contributed by atoms with Crippen molar-refractivity contribution in [1.29, 1.82) is 0 Å². The van der Waals surface area contributed by atoms with Crippen molar-refractivity contribution in [2.24, 2.45) is 0 Å². The highest BCUT2D eigenvalue weighted by Gasteiger charge is 2.14. The van der Waals surface area contributed by atoms with Gasteiger partial charge in [-0.1, -0.05) is 18.2 Å². The van der Waals surface area contributed by atoms with Gasteiger partial charge in [-0.2, -0.15) is 0 Å². The minimum atomic E-state index is -0.292. The molecule has 4 heteroatoms. The van der Waals surface area contributed by atoms with Crippen molar-refractivity contribution in [1.82, 2.24) is 10.2 Å². The summed E-state index contributed by atoms with van der Waals surface area (Å²) in [5.74, 6) is -0.336. The number of amides is 1. The van der Waals surface area contributed by atoms with Crippen molar-refractivity contribution in [3.63, 3.8) is 0 Å². The molecule has 0 saturated carbocycles. The number of nitrogens with one attached hydrogen (secondary N) is 1. The number of piperazine rings is 1. The van der Waals surface area contributed by atoms with Crippen LogP contribution < -0.4 is 5.32 Å². The Morgan fingerprint density at radius 3 is 2.67 bits per heavy atom. The fourth-order valence-electron chi connectivity index (χ4n) is 2.02. The Labute approximate surface area is 106 Å². The van der Waals surface area contributed by atoms with E-state index in [-0.39, 0.29) is 11.7 Å². The normalized spacial score (nSPS) is 16.8. The van der Waals surface area contributed by atoms with E-state index in [1.165, 1.54) is 12.1 Å². The largest absolute Gasteiger partial charge is 0.337 e. The third-order valence-corrected chi connectivity index (χ3v) is 3.07. The van der Waals surface area contributed by atoms with Gasteiger partial charge in [-0.15, -0.1) is 0 Å². The lowest BCUT2D eigenvalue weighted by atomic mass is 10.1. The Morgan fingerprint density at radius 1 is 1.33 bits per heavy atom. The molecule has 0 aromatic heterocycles. The second kappa shape index (κ2) is 5.78. The van der Waals surface area contributed by atoms with Crippen LogP contribution in [0.2, 0.25) is 0 Å². The van der Waals surface area contributed by atoms with Crippen LogP contribution in [0.15, 0.2) is 30.3 Å². The number of halogens is 1. The monoisotopic (exact) mass is 248 g/mol. The molecule has 1 aliphatic rings. The second-order valence-electron chi connectivity index (χ2n) is 4.38. The average Bonchev–Trinajstić information content (AvgIpc) is 2.40. The predicted molar refractivity (Wildman–Crippen MR) is 69.5 cm³/mol. The summed E-state index contributed by atoms with van der Waals surface area (Å²) >= 11 is 0. The van der Waals surface area contributed by atoms with Gasteiger partial charge in [0.25, 0.3) is 0 Å². The van der Waals surface area contributed by atoms with E-state index in [1.807, 2.05) is 0 Å². The fourth-order valence-corrected chi connectivity index (χ4v) is 2.02. The zero-order valence-corrected chi connectivity index (χ0v) is 10.4. The standard InChI is InChI=1S/C14H17FN2O/c1-11(12-4-2-3-5-13(12)15)10-14(18)17-8-6-16-7-9-17/h2-5,10,16H,6-9H2,1H3/b11-10-. The summed E-state index contributed by atoms with van der Waals surface area (Å²) in [5.41, 5.74) is 1.15. The lowest BCUT2D eigenvalue weighted by molar-refractivity contribution is -0.126. The van der Waals surface area contributed by atoms with Gasteiger partial charge in [-0.3, -0.25) is 4.79 Å². The van der Waals surface area contributed by atoms with Crippen LogP contribution in [-0.4, -0.2) is 37.0 Å². The molecule has 2 rings (SSSR count). The zero-order valence-electron chi connectivity index (χ0n) is 10.4. The van der Waals surface area contributed by atoms with Crippen molar-refractivity contribution in [2.75, 3.05) is 26.2 Å². The maximum absolute atomic E-state index is 13.6. The third kappa shape index (κ3) is 2.96. The van der Waals surface area contributed by atoms with Crippen LogP contribution in [0.4, 0.5) is 4.39 Å². The van der Waals surface area contributed by atoms with Gasteiger partial charge in [0.05, 0.1) is 0 Å². The fraction of sp³-hybridized carbons (Fsp3) is 0.357. The first kappa shape index (κ1) is 12.8. The molecule has 1 amide bonds. The number of carbonyl (C=O) groups excluding carboxylic acids is 1. The summed E-state index contributed by atoms with van der Waals surface area (Å²) in [4.78, 5) is 13.8. The molecule has 0 radical (unpaired) electrons. The first-order chi connectivity index (χ1) is 8.68. The van der Waals surface area contributed by atoms with Crippen LogP contribution in [0.1, 0.15) is 12.5 Å². The molecule has 1 aromatic carbocycles. The second-order valence-corrected chi connectivity index (χ2v) is 4.38. The smallest absolute Gasteiger partial charge is 0.246 e. The summed E-state index contributed by atoms with van der Waals surface area (Å²) in [6.07, 6.45) is 1.52. The summed E-state index contributed by atoms with van der Waals surface area (Å²) in [5, 5.41) is 3.19. The van der Waals surface area contributed by atoms with E-state index in [0.29, 0.717) is 24.2 Å². The maximum Gasteiger partial charge on any atom is 0.246 e. The number of hydrogen-bond donors (Lipinski definition) is 1. The molecule has 0 spiro atoms. The Balaban J connectivity index is 2.12. The zero-order chi connectivity index (χ0) is 13.0. The van der Waals surface area contributed by atoms with E-state index in [4.69, 9.17) is 0 Å². The molecule has 1 N–H and O–H groups in total. The lowest BCUT2D eigenvalue weighted by Crippen LogP contribution is -2.45. The number of rotatable bonds is 2. The lowest BCUT2D eigenvalue weighted by Gasteiger charge is -2.26. The molecule has 1 aromatic rings. The van der Waals surface area contributed by atoms with Gasteiger partial charge in [-0.05, 0) is 18.6 Å². The highest BCUT2D eigenvalue weighted by atomic mass is 19.1. The Morgan fingerprint density at radius 2 is 2.00 bits per heavy atom. The summed E-state index contributed by atoms with van der Waals surface area (Å²) in [6, 6.07) is 6.50. The summed E-state index contributed by atoms with van der Waals surface area (Å²) in [6.45, 7) is 4.81. The van der Waals surface area contributed by atoms with Gasteiger partial charge in [0.15, 0.2) is 0 Å². The highest BCUT2D eigenvalue weighted by Crippen LogP contribution is 2.17. The van der Waals surface area contributed by atoms with E-state index in [1.54, 1.807) is 30.0 Å². The van der Waals surface area contributed by atoms with Crippen molar-refractivity contribution in [2.45, 2.75) is 6.92 Å². The molecule has 1 fully saturated rings. The van der Waals surface area contributed by atoms with Crippen LogP contribution >= 0.6 is 0 Å². The molecule has 1 saturated heterocycles. The molecule has 1 heterocycles. The van der Waals surface area contributed by atoms with Crippen molar-refractivity contribution >= 4 is 11.5 Å². The van der Waals surface area contributed by atoms with Crippen molar-refractivity contribution in [3.8, 4) is 0 Å². The number of hydrogen-bond acceptors (Lipinski definition) is 2. The van der Waals surface area contributed by atoms with E-state index in [9.17, 15) is 9.18 Å². The van der Waals surface area contributed by atoms with Crippen LogP contribution in [0.5, 0.6) is 0 Å². The first-order valence-electron chi connectivity index (χ1n) is 6.11. The van der Waals surface area contributed by atoms with Crippen LogP contribution in [0.25, 0.3) is 5.57 Å². The molecule has 0 bridgehead atoms. The van der Waals surface area contributed by atoms with Gasteiger partial charge in [-0.25, -0.2) is 4.39 Å². The predicted octanol–water partition coefficient (Wildman–Crippen LogP) is 1.66. The molecule has 0 aliphatic carbocycles. The molecular weight excluding hydrogens is 231 g/mol. The number of nitrogens with zero attached hydrogens (tertiary/aromatic N) is 1. The van der Waals surface area contributed by atoms with Gasteiger partial charge in [0.2, 0.25) is 5.91 Å². The van der Waals surface area contributed by atoms with Gasteiger partial charge >= 0.3 is 0 Å². The molecule has 18 heavy (non-hydrogen) atoms. The maximum atomic E-state index is 13.6. The Bertz CT molecular complexity index is 465. The van der Waals surface area contributed by atoms with Crippen LogP contribution in [-0.2, 0) is 4.79 Å². The van der Waals surface area contributed by atoms with Crippen molar-refractivity contribution < 1.29 is 9.18 Å².